The molecule has 0 amide bonds. The zero-order valence-electron chi connectivity index (χ0n) is 22.9. The molecule has 0 radical (unpaired) electrons. The monoisotopic (exact) mass is 664 g/mol. The summed E-state index contributed by atoms with van der Waals surface area (Å²) in [7, 11) is 0. The van der Waals surface area contributed by atoms with Crippen molar-refractivity contribution in [3.05, 3.63) is 114 Å². The minimum absolute atomic E-state index is 0.285. The van der Waals surface area contributed by atoms with E-state index in [0.29, 0.717) is 44.6 Å². The number of aromatic hydroxyl groups is 2. The summed E-state index contributed by atoms with van der Waals surface area (Å²) < 4.78 is 14.5. The van der Waals surface area contributed by atoms with Crippen LogP contribution in [0.5, 0.6) is 23.0 Å². The molecular weight excluding hydrogens is 632 g/mol. The molecule has 40 heavy (non-hydrogen) atoms. The van der Waals surface area contributed by atoms with Crippen molar-refractivity contribution in [3.63, 3.8) is 0 Å². The quantitative estimate of drug-likeness (QED) is 0.190. The van der Waals surface area contributed by atoms with Gasteiger partial charge in [-0.15, -0.1) is 0 Å². The number of ether oxygens (including phenoxy) is 2. The van der Waals surface area contributed by atoms with Crippen molar-refractivity contribution in [2.45, 2.75) is 52.4 Å². The van der Waals surface area contributed by atoms with Gasteiger partial charge in [-0.25, -0.2) is 0 Å². The number of fused-ring (bicyclic) bond motifs is 8. The van der Waals surface area contributed by atoms with Crippen LogP contribution in [-0.4, -0.2) is 23.4 Å². The number of rotatable bonds is 6. The Balaban J connectivity index is 1.75. The molecule has 0 fully saturated rings. The predicted molar refractivity (Wildman–Crippen MR) is 167 cm³/mol. The van der Waals surface area contributed by atoms with E-state index >= 15 is 0 Å². The van der Waals surface area contributed by atoms with Gasteiger partial charge >= 0.3 is 0 Å². The number of phenols is 2. The standard InChI is InChI=1S/C34H34Br2O4/c1-3-11-39-33-23-9-6-10-24(33)15-25-17-29(35)18-26(32(25)38)16-28-20-30(36)19-27(34(28)40-12-4-2)14-22-8-5-7-21(13-23)31(22)37/h5-10,17-20,37-38H,3-4,11-16H2,1-2H3. The summed E-state index contributed by atoms with van der Waals surface area (Å²) in [5.41, 5.74) is 7.32. The highest BCUT2D eigenvalue weighted by atomic mass is 79.9. The van der Waals surface area contributed by atoms with Crippen molar-refractivity contribution in [2.75, 3.05) is 13.2 Å². The molecule has 0 aromatic heterocycles. The van der Waals surface area contributed by atoms with Crippen LogP contribution in [0.3, 0.4) is 0 Å². The van der Waals surface area contributed by atoms with Crippen molar-refractivity contribution < 1.29 is 19.7 Å². The Bertz CT molecular complexity index is 1530. The lowest BCUT2D eigenvalue weighted by Crippen LogP contribution is -2.07. The van der Waals surface area contributed by atoms with Gasteiger partial charge in [0.05, 0.1) is 13.2 Å². The van der Waals surface area contributed by atoms with Crippen molar-refractivity contribution >= 4 is 31.9 Å². The Morgan fingerprint density at radius 3 is 1.40 bits per heavy atom. The molecule has 1 aliphatic carbocycles. The minimum Gasteiger partial charge on any atom is -0.507 e. The van der Waals surface area contributed by atoms with Gasteiger partial charge in [-0.1, -0.05) is 82.1 Å². The smallest absolute Gasteiger partial charge is 0.126 e. The molecule has 0 saturated carbocycles. The van der Waals surface area contributed by atoms with Gasteiger partial charge in [0.1, 0.15) is 23.0 Å². The van der Waals surface area contributed by atoms with Crippen LogP contribution in [0.15, 0.2) is 69.6 Å². The van der Waals surface area contributed by atoms with Crippen LogP contribution in [0.2, 0.25) is 0 Å². The maximum absolute atomic E-state index is 11.5. The summed E-state index contributed by atoms with van der Waals surface area (Å²) in [4.78, 5) is 0. The topological polar surface area (TPSA) is 58.9 Å². The van der Waals surface area contributed by atoms with Crippen LogP contribution < -0.4 is 9.47 Å². The number of benzene rings is 4. The van der Waals surface area contributed by atoms with E-state index in [1.807, 2.05) is 36.4 Å². The molecule has 0 spiro atoms. The van der Waals surface area contributed by atoms with E-state index in [2.05, 4.69) is 70.0 Å². The van der Waals surface area contributed by atoms with E-state index in [9.17, 15) is 10.2 Å². The molecule has 0 saturated heterocycles. The van der Waals surface area contributed by atoms with E-state index in [-0.39, 0.29) is 5.75 Å². The first kappa shape index (κ1) is 28.6. The van der Waals surface area contributed by atoms with Gasteiger partial charge in [0, 0.05) is 45.8 Å². The molecule has 4 aromatic carbocycles. The number of para-hydroxylation sites is 2. The zero-order valence-corrected chi connectivity index (χ0v) is 26.1. The Morgan fingerprint density at radius 2 is 0.900 bits per heavy atom. The van der Waals surface area contributed by atoms with Gasteiger partial charge in [0.15, 0.2) is 0 Å². The van der Waals surface area contributed by atoms with Crippen molar-refractivity contribution in [1.82, 2.24) is 0 Å². The Labute approximate surface area is 253 Å². The molecule has 1 aliphatic rings. The fraction of sp³-hybridized carbons (Fsp3) is 0.294. The fourth-order valence-electron chi connectivity index (χ4n) is 5.41. The Kier molecular flexibility index (Phi) is 9.07. The molecular formula is C34H34Br2O4. The molecule has 0 aliphatic heterocycles. The highest BCUT2D eigenvalue weighted by molar-refractivity contribution is 9.10. The van der Waals surface area contributed by atoms with Gasteiger partial charge < -0.3 is 19.7 Å². The minimum atomic E-state index is 0.285. The SMILES string of the molecule is CCCOc1c2cccc1Cc1cc(Br)cc(c1O)Cc1cc(Br)cc(c1OCCC)Cc1cccc(c1O)C2. The molecule has 0 unspecified atom stereocenters. The third-order valence-electron chi connectivity index (χ3n) is 7.25. The van der Waals surface area contributed by atoms with E-state index in [0.717, 1.165) is 77.8 Å². The summed E-state index contributed by atoms with van der Waals surface area (Å²) >= 11 is 7.40. The normalized spacial score (nSPS) is 12.7. The van der Waals surface area contributed by atoms with E-state index < -0.39 is 0 Å². The molecule has 6 heteroatoms. The molecule has 4 nitrogen and oxygen atoms in total. The Hall–Kier alpha value is -2.96. The summed E-state index contributed by atoms with van der Waals surface area (Å²) in [5.74, 6) is 2.22. The maximum Gasteiger partial charge on any atom is 0.126 e. The average Bonchev–Trinajstić information content (AvgIpc) is 2.92. The molecule has 0 heterocycles. The number of hydrogen-bond acceptors (Lipinski definition) is 4. The summed E-state index contributed by atoms with van der Waals surface area (Å²) in [5, 5.41) is 23.0. The van der Waals surface area contributed by atoms with Gasteiger partial charge in [0.2, 0.25) is 0 Å². The predicted octanol–water partition coefficient (Wildman–Crippen LogP) is 8.88. The lowest BCUT2D eigenvalue weighted by Gasteiger charge is -2.21. The third kappa shape index (κ3) is 6.18. The van der Waals surface area contributed by atoms with Crippen LogP contribution in [0.4, 0.5) is 0 Å². The molecule has 2 N–H and O–H groups in total. The van der Waals surface area contributed by atoms with Gasteiger partial charge in [0.25, 0.3) is 0 Å². The lowest BCUT2D eigenvalue weighted by atomic mass is 9.91. The number of halogens is 2. The van der Waals surface area contributed by atoms with Crippen LogP contribution in [-0.2, 0) is 25.7 Å². The van der Waals surface area contributed by atoms with E-state index in [1.54, 1.807) is 0 Å². The summed E-state index contributed by atoms with van der Waals surface area (Å²) in [6.07, 6.45) is 3.82. The molecule has 0 atom stereocenters. The second kappa shape index (κ2) is 12.7. The lowest BCUT2D eigenvalue weighted by molar-refractivity contribution is 0.311. The first-order valence-corrected chi connectivity index (χ1v) is 15.4. The third-order valence-corrected chi connectivity index (χ3v) is 8.16. The highest BCUT2D eigenvalue weighted by Gasteiger charge is 2.21. The molecule has 5 rings (SSSR count). The largest absolute Gasteiger partial charge is 0.507 e. The first-order chi connectivity index (χ1) is 19.4. The van der Waals surface area contributed by atoms with Crippen LogP contribution in [0, 0.1) is 0 Å². The second-order valence-electron chi connectivity index (χ2n) is 10.4. The van der Waals surface area contributed by atoms with Gasteiger partial charge in [-0.05, 0) is 70.5 Å². The van der Waals surface area contributed by atoms with E-state index in [4.69, 9.17) is 9.47 Å². The van der Waals surface area contributed by atoms with E-state index in [1.165, 1.54) is 0 Å². The number of phenolic OH excluding ortho intramolecular Hbond substituents is 2. The summed E-state index contributed by atoms with van der Waals surface area (Å²) in [6.45, 7) is 5.36. The molecule has 4 aromatic rings. The van der Waals surface area contributed by atoms with Crippen molar-refractivity contribution in [3.8, 4) is 23.0 Å². The number of hydrogen-bond donors (Lipinski definition) is 2. The maximum atomic E-state index is 11.5. The van der Waals surface area contributed by atoms with Crippen LogP contribution >= 0.6 is 31.9 Å². The van der Waals surface area contributed by atoms with Crippen molar-refractivity contribution in [2.24, 2.45) is 0 Å². The zero-order chi connectivity index (χ0) is 28.2. The summed E-state index contributed by atoms with van der Waals surface area (Å²) in [6, 6.07) is 20.2. The molecule has 208 valence electrons. The first-order valence-electron chi connectivity index (χ1n) is 13.9. The Morgan fingerprint density at radius 1 is 0.550 bits per heavy atom. The molecule has 8 bridgehead atoms. The van der Waals surface area contributed by atoms with Crippen LogP contribution in [0.1, 0.15) is 71.2 Å². The van der Waals surface area contributed by atoms with Gasteiger partial charge in [-0.3, -0.25) is 0 Å². The average molecular weight is 666 g/mol. The second-order valence-corrected chi connectivity index (χ2v) is 12.2. The van der Waals surface area contributed by atoms with Gasteiger partial charge in [-0.2, -0.15) is 0 Å². The fourth-order valence-corrected chi connectivity index (χ4v) is 6.51. The van der Waals surface area contributed by atoms with Crippen molar-refractivity contribution in [1.29, 1.82) is 0 Å². The van der Waals surface area contributed by atoms with Crippen LogP contribution in [0.25, 0.3) is 0 Å². The highest BCUT2D eigenvalue weighted by Crippen LogP contribution is 2.40.